The summed E-state index contributed by atoms with van der Waals surface area (Å²) in [6.07, 6.45) is -4.70. The molecule has 0 aliphatic carbocycles. The van der Waals surface area contributed by atoms with Crippen molar-refractivity contribution in [2.45, 2.75) is 29.9 Å². The van der Waals surface area contributed by atoms with Crippen molar-refractivity contribution in [1.29, 1.82) is 0 Å². The van der Waals surface area contributed by atoms with Gasteiger partial charge in [0.1, 0.15) is 29.9 Å². The third kappa shape index (κ3) is 2.92. The molecule has 1 fully saturated rings. The summed E-state index contributed by atoms with van der Waals surface area (Å²) < 4.78 is 4.88. The summed E-state index contributed by atoms with van der Waals surface area (Å²) in [4.78, 5) is 0. The fourth-order valence-corrected chi connectivity index (χ4v) is 1.41. The van der Waals surface area contributed by atoms with E-state index in [2.05, 4.69) is 12.6 Å². The van der Waals surface area contributed by atoms with Crippen LogP contribution in [0.3, 0.4) is 0 Å². The van der Waals surface area contributed by atoms with Crippen LogP contribution in [0.1, 0.15) is 0 Å². The van der Waals surface area contributed by atoms with Crippen molar-refractivity contribution in [3.05, 3.63) is 0 Å². The zero-order valence-corrected chi connectivity index (χ0v) is 9.60. The molecule has 0 aromatic heterocycles. The van der Waals surface area contributed by atoms with Gasteiger partial charge in [0.25, 0.3) is 0 Å². The fraction of sp³-hybridized carbons (Fsp3) is 1.00. The van der Waals surface area contributed by atoms with Crippen LogP contribution in [0.25, 0.3) is 0 Å². The van der Waals surface area contributed by atoms with Crippen LogP contribution in [0.5, 0.6) is 0 Å². The molecular formula is C6H12AuO5S. The molecule has 13 heavy (non-hydrogen) atoms. The van der Waals surface area contributed by atoms with Gasteiger partial charge in [-0.1, -0.05) is 0 Å². The Labute approximate surface area is 96.6 Å². The molecule has 1 aliphatic heterocycles. The molecule has 5 atom stereocenters. The zero-order chi connectivity index (χ0) is 9.30. The molecule has 0 aromatic carbocycles. The Kier molecular flexibility index (Phi) is 6.08. The van der Waals surface area contributed by atoms with Crippen molar-refractivity contribution >= 4 is 12.6 Å². The minimum atomic E-state index is -1.32. The quantitative estimate of drug-likeness (QED) is 0.256. The Morgan fingerprint density at radius 3 is 2.08 bits per heavy atom. The van der Waals surface area contributed by atoms with Gasteiger partial charge in [-0.15, -0.1) is 12.6 Å². The monoisotopic (exact) mass is 393 g/mol. The number of aliphatic hydroxyl groups is 4. The van der Waals surface area contributed by atoms with Gasteiger partial charge in [-0.05, 0) is 0 Å². The minimum absolute atomic E-state index is 0. The van der Waals surface area contributed by atoms with E-state index in [1.165, 1.54) is 0 Å². The molecular weight excluding hydrogens is 381 g/mol. The molecule has 83 valence electrons. The summed E-state index contributed by atoms with van der Waals surface area (Å²) in [6, 6.07) is 0. The average Bonchev–Trinajstić information content (AvgIpc) is 2.08. The number of thiol groups is 1. The molecule has 0 amide bonds. The number of aliphatic hydroxyl groups excluding tert-OH is 4. The molecule has 0 aromatic rings. The van der Waals surface area contributed by atoms with E-state index in [-0.39, 0.29) is 22.4 Å². The molecule has 0 bridgehead atoms. The molecule has 4 N–H and O–H groups in total. The first-order chi connectivity index (χ1) is 5.57. The summed E-state index contributed by atoms with van der Waals surface area (Å²) in [5, 5.41) is 36.2. The van der Waals surface area contributed by atoms with Crippen LogP contribution in [0, 0.1) is 0 Å². The summed E-state index contributed by atoms with van der Waals surface area (Å²) in [5.74, 6) is 0. The van der Waals surface area contributed by atoms with E-state index < -0.39 is 36.5 Å². The van der Waals surface area contributed by atoms with E-state index in [9.17, 15) is 10.2 Å². The Morgan fingerprint density at radius 2 is 1.62 bits per heavy atom. The zero-order valence-electron chi connectivity index (χ0n) is 6.54. The number of hydrogen-bond acceptors (Lipinski definition) is 6. The predicted molar refractivity (Wildman–Crippen MR) is 42.8 cm³/mol. The van der Waals surface area contributed by atoms with Gasteiger partial charge in [0.05, 0.1) is 6.61 Å². The van der Waals surface area contributed by atoms with Crippen molar-refractivity contribution < 1.29 is 47.5 Å². The van der Waals surface area contributed by atoms with Gasteiger partial charge in [0.2, 0.25) is 0 Å². The van der Waals surface area contributed by atoms with Crippen LogP contribution in [-0.2, 0) is 27.1 Å². The van der Waals surface area contributed by atoms with Crippen molar-refractivity contribution in [3.63, 3.8) is 0 Å². The van der Waals surface area contributed by atoms with Crippen LogP contribution in [0.15, 0.2) is 0 Å². The van der Waals surface area contributed by atoms with Crippen LogP contribution in [-0.4, -0.2) is 56.9 Å². The molecule has 1 radical (unpaired) electrons. The smallest absolute Gasteiger partial charge is 0.129 e. The SMILES string of the molecule is OC[C@H]1O[C@@H](S)[C@H](O)[C@@H](O)[C@@H]1O.[Au]. The predicted octanol–water partition coefficient (Wildman–Crippen LogP) is -2.29. The molecule has 0 unspecified atom stereocenters. The summed E-state index contributed by atoms with van der Waals surface area (Å²) in [6.45, 7) is -0.415. The Balaban J connectivity index is 0.00000144. The first-order valence-corrected chi connectivity index (χ1v) is 4.08. The first-order valence-electron chi connectivity index (χ1n) is 3.56. The van der Waals surface area contributed by atoms with Gasteiger partial charge in [-0.25, -0.2) is 0 Å². The maximum absolute atomic E-state index is 9.20. The number of hydrogen-bond donors (Lipinski definition) is 5. The van der Waals surface area contributed by atoms with E-state index >= 15 is 0 Å². The van der Waals surface area contributed by atoms with Crippen LogP contribution >= 0.6 is 12.6 Å². The first kappa shape index (κ1) is 13.9. The van der Waals surface area contributed by atoms with E-state index in [0.29, 0.717) is 0 Å². The summed E-state index contributed by atoms with van der Waals surface area (Å²) >= 11 is 3.81. The molecule has 1 aliphatic rings. The Morgan fingerprint density at radius 1 is 1.08 bits per heavy atom. The molecule has 0 spiro atoms. The van der Waals surface area contributed by atoms with Crippen molar-refractivity contribution in [2.75, 3.05) is 6.61 Å². The summed E-state index contributed by atoms with van der Waals surface area (Å²) in [5.41, 5.74) is -0.874. The van der Waals surface area contributed by atoms with Crippen LogP contribution in [0.4, 0.5) is 0 Å². The molecule has 7 heteroatoms. The normalized spacial score (nSPS) is 45.5. The molecule has 1 rings (SSSR count). The van der Waals surface area contributed by atoms with Gasteiger partial charge < -0.3 is 25.2 Å². The second kappa shape index (κ2) is 5.69. The third-order valence-corrected chi connectivity index (χ3v) is 2.29. The van der Waals surface area contributed by atoms with Gasteiger partial charge in [0.15, 0.2) is 0 Å². The second-order valence-corrected chi connectivity index (χ2v) is 3.23. The van der Waals surface area contributed by atoms with Gasteiger partial charge in [0, 0.05) is 22.4 Å². The summed E-state index contributed by atoms with van der Waals surface area (Å²) in [7, 11) is 0. The maximum atomic E-state index is 9.20. The Bertz CT molecular complexity index is 155. The fourth-order valence-electron chi connectivity index (χ4n) is 1.08. The van der Waals surface area contributed by atoms with Crippen molar-refractivity contribution in [1.82, 2.24) is 0 Å². The Hall–Kier alpha value is 0.890. The molecule has 1 heterocycles. The van der Waals surface area contributed by atoms with Gasteiger partial charge in [-0.3, -0.25) is 0 Å². The molecule has 1 saturated heterocycles. The van der Waals surface area contributed by atoms with Crippen molar-refractivity contribution in [2.24, 2.45) is 0 Å². The van der Waals surface area contributed by atoms with E-state index in [1.54, 1.807) is 0 Å². The van der Waals surface area contributed by atoms with E-state index in [1.807, 2.05) is 0 Å². The van der Waals surface area contributed by atoms with Gasteiger partial charge >= 0.3 is 0 Å². The number of rotatable bonds is 1. The van der Waals surface area contributed by atoms with Crippen molar-refractivity contribution in [3.8, 4) is 0 Å². The van der Waals surface area contributed by atoms with Crippen LogP contribution in [0.2, 0.25) is 0 Å². The standard InChI is InChI=1S/C6H12O5S.Au/c7-1-2-3(8)4(9)5(10)6(12)11-2;/h2-10,12H,1H2;/t2-,3-,4+,5-,6+;/m1./s1. The topological polar surface area (TPSA) is 90.2 Å². The molecule has 5 nitrogen and oxygen atoms in total. The minimum Gasteiger partial charge on any atom is -0.394 e. The third-order valence-electron chi connectivity index (χ3n) is 1.87. The van der Waals surface area contributed by atoms with E-state index in [4.69, 9.17) is 14.9 Å². The average molecular weight is 393 g/mol. The largest absolute Gasteiger partial charge is 0.394 e. The maximum Gasteiger partial charge on any atom is 0.129 e. The van der Waals surface area contributed by atoms with Crippen LogP contribution < -0.4 is 0 Å². The number of ether oxygens (including phenoxy) is 1. The second-order valence-electron chi connectivity index (χ2n) is 2.72. The van der Waals surface area contributed by atoms with Gasteiger partial charge in [-0.2, -0.15) is 0 Å². The van der Waals surface area contributed by atoms with E-state index in [0.717, 1.165) is 0 Å². The molecule has 0 saturated carbocycles.